The van der Waals surface area contributed by atoms with Gasteiger partial charge in [-0.1, -0.05) is 109 Å². The van der Waals surface area contributed by atoms with Gasteiger partial charge in [0.1, 0.15) is 5.75 Å². The molecule has 0 atom stereocenters. The second-order valence-corrected chi connectivity index (χ2v) is 7.80. The van der Waals surface area contributed by atoms with Crippen LogP contribution in [0.3, 0.4) is 0 Å². The zero-order chi connectivity index (χ0) is 17.5. The first kappa shape index (κ1) is 21.1. The summed E-state index contributed by atoms with van der Waals surface area (Å²) in [4.78, 5) is 0. The predicted octanol–water partition coefficient (Wildman–Crippen LogP) is 7.66. The number of para-hydroxylation sites is 1. The summed E-state index contributed by atoms with van der Waals surface area (Å²) in [5.74, 6) is 1.34. The van der Waals surface area contributed by atoms with Crippen molar-refractivity contribution in [3.05, 3.63) is 29.8 Å². The van der Waals surface area contributed by atoms with Crippen molar-refractivity contribution in [3.63, 3.8) is 0 Å². The molecule has 1 nitrogen and oxygen atoms in total. The topological polar surface area (TPSA) is 20.2 Å². The van der Waals surface area contributed by atoms with Gasteiger partial charge in [0, 0.05) is 0 Å². The first-order valence-corrected chi connectivity index (χ1v) is 10.5. The van der Waals surface area contributed by atoms with Crippen molar-refractivity contribution < 1.29 is 5.11 Å². The van der Waals surface area contributed by atoms with Crippen LogP contribution in [0, 0.1) is 5.92 Å². The molecule has 0 aliphatic heterocycles. The monoisotopic (exact) mass is 332 g/mol. The Morgan fingerprint density at radius 2 is 1.12 bits per heavy atom. The van der Waals surface area contributed by atoms with Gasteiger partial charge in [-0.05, 0) is 30.4 Å². The van der Waals surface area contributed by atoms with Gasteiger partial charge in [-0.3, -0.25) is 0 Å². The lowest BCUT2D eigenvalue weighted by Crippen LogP contribution is -1.88. The molecule has 1 aromatic rings. The van der Waals surface area contributed by atoms with Crippen LogP contribution in [0.5, 0.6) is 5.75 Å². The van der Waals surface area contributed by atoms with Crippen LogP contribution in [0.1, 0.15) is 103 Å². The molecule has 0 bridgehead atoms. The van der Waals surface area contributed by atoms with E-state index >= 15 is 0 Å². The minimum Gasteiger partial charge on any atom is -0.508 e. The fourth-order valence-electron chi connectivity index (χ4n) is 3.36. The quantitative estimate of drug-likeness (QED) is 0.327. The summed E-state index contributed by atoms with van der Waals surface area (Å²) in [6.07, 6.45) is 19.1. The molecule has 138 valence electrons. The van der Waals surface area contributed by atoms with E-state index in [1.165, 1.54) is 83.5 Å². The van der Waals surface area contributed by atoms with Crippen LogP contribution in [0.15, 0.2) is 24.3 Å². The fourth-order valence-corrected chi connectivity index (χ4v) is 3.36. The maximum atomic E-state index is 9.73. The SMILES string of the molecule is CC(C)CCCCCCCCCCCCCCc1ccccc1O. The molecule has 0 radical (unpaired) electrons. The molecule has 0 aliphatic rings. The van der Waals surface area contributed by atoms with E-state index in [0.29, 0.717) is 5.75 Å². The van der Waals surface area contributed by atoms with E-state index in [2.05, 4.69) is 13.8 Å². The Morgan fingerprint density at radius 1 is 0.667 bits per heavy atom. The van der Waals surface area contributed by atoms with Crippen molar-refractivity contribution in [3.8, 4) is 5.75 Å². The minimum absolute atomic E-state index is 0.460. The van der Waals surface area contributed by atoms with Gasteiger partial charge in [-0.15, -0.1) is 0 Å². The molecule has 24 heavy (non-hydrogen) atoms. The number of phenols is 1. The summed E-state index contributed by atoms with van der Waals surface area (Å²) in [5, 5.41) is 9.73. The van der Waals surface area contributed by atoms with E-state index in [1.807, 2.05) is 18.2 Å². The summed E-state index contributed by atoms with van der Waals surface area (Å²) in [6.45, 7) is 4.65. The van der Waals surface area contributed by atoms with E-state index in [4.69, 9.17) is 0 Å². The summed E-state index contributed by atoms with van der Waals surface area (Å²) in [5.41, 5.74) is 1.10. The van der Waals surface area contributed by atoms with Gasteiger partial charge in [0.2, 0.25) is 0 Å². The zero-order valence-corrected chi connectivity index (χ0v) is 16.2. The highest BCUT2D eigenvalue weighted by Gasteiger charge is 1.99. The Labute approximate surface area is 150 Å². The third-order valence-corrected chi connectivity index (χ3v) is 4.97. The van der Waals surface area contributed by atoms with E-state index in [0.717, 1.165) is 17.9 Å². The van der Waals surface area contributed by atoms with Gasteiger partial charge < -0.3 is 5.11 Å². The molecule has 1 aromatic carbocycles. The second kappa shape index (κ2) is 14.4. The predicted molar refractivity (Wildman–Crippen MR) is 107 cm³/mol. The van der Waals surface area contributed by atoms with Crippen molar-refractivity contribution in [2.75, 3.05) is 0 Å². The Hall–Kier alpha value is -0.980. The van der Waals surface area contributed by atoms with Crippen molar-refractivity contribution in [2.24, 2.45) is 5.92 Å². The Balaban J connectivity index is 1.79. The normalized spacial score (nSPS) is 11.3. The van der Waals surface area contributed by atoms with Gasteiger partial charge in [-0.25, -0.2) is 0 Å². The molecule has 0 heterocycles. The maximum Gasteiger partial charge on any atom is 0.118 e. The molecule has 1 rings (SSSR count). The lowest BCUT2D eigenvalue weighted by Gasteiger charge is -2.05. The van der Waals surface area contributed by atoms with Crippen molar-refractivity contribution in [2.45, 2.75) is 104 Å². The third kappa shape index (κ3) is 11.5. The summed E-state index contributed by atoms with van der Waals surface area (Å²) < 4.78 is 0. The van der Waals surface area contributed by atoms with Crippen molar-refractivity contribution in [1.29, 1.82) is 0 Å². The number of aryl methyl sites for hydroxylation is 1. The standard InChI is InChI=1S/C23H40O/c1-21(2)17-13-11-9-7-5-3-4-6-8-10-12-14-18-22-19-15-16-20-23(22)24/h15-16,19-21,24H,3-14,17-18H2,1-2H3. The molecular weight excluding hydrogens is 292 g/mol. The highest BCUT2D eigenvalue weighted by molar-refractivity contribution is 5.31. The second-order valence-electron chi connectivity index (χ2n) is 7.80. The van der Waals surface area contributed by atoms with E-state index in [9.17, 15) is 5.11 Å². The first-order valence-electron chi connectivity index (χ1n) is 10.5. The van der Waals surface area contributed by atoms with Crippen LogP contribution in [0.2, 0.25) is 0 Å². The van der Waals surface area contributed by atoms with Crippen molar-refractivity contribution >= 4 is 0 Å². The number of unbranched alkanes of at least 4 members (excludes halogenated alkanes) is 11. The average molecular weight is 333 g/mol. The fraction of sp³-hybridized carbons (Fsp3) is 0.739. The minimum atomic E-state index is 0.460. The molecule has 1 N–H and O–H groups in total. The summed E-state index contributed by atoms with van der Waals surface area (Å²) >= 11 is 0. The highest BCUT2D eigenvalue weighted by atomic mass is 16.3. The van der Waals surface area contributed by atoms with E-state index in [1.54, 1.807) is 6.07 Å². The molecule has 0 fully saturated rings. The van der Waals surface area contributed by atoms with Crippen LogP contribution >= 0.6 is 0 Å². The lowest BCUT2D eigenvalue weighted by atomic mass is 10.0. The summed E-state index contributed by atoms with van der Waals surface area (Å²) in [7, 11) is 0. The van der Waals surface area contributed by atoms with Crippen LogP contribution in [-0.2, 0) is 6.42 Å². The molecule has 0 amide bonds. The molecule has 0 saturated heterocycles. The van der Waals surface area contributed by atoms with Crippen molar-refractivity contribution in [1.82, 2.24) is 0 Å². The first-order chi connectivity index (χ1) is 11.7. The summed E-state index contributed by atoms with van der Waals surface area (Å²) in [6, 6.07) is 7.74. The molecule has 0 spiro atoms. The highest BCUT2D eigenvalue weighted by Crippen LogP contribution is 2.19. The van der Waals surface area contributed by atoms with Gasteiger partial charge in [-0.2, -0.15) is 0 Å². The lowest BCUT2D eigenvalue weighted by molar-refractivity contribution is 0.465. The molecule has 0 aromatic heterocycles. The number of phenolic OH excluding ortho intramolecular Hbond substituents is 1. The largest absolute Gasteiger partial charge is 0.508 e. The number of hydrogen-bond acceptors (Lipinski definition) is 1. The molecule has 0 aliphatic carbocycles. The van der Waals surface area contributed by atoms with Gasteiger partial charge in [0.25, 0.3) is 0 Å². The zero-order valence-electron chi connectivity index (χ0n) is 16.2. The molecule has 1 heteroatoms. The average Bonchev–Trinajstić information content (AvgIpc) is 2.56. The van der Waals surface area contributed by atoms with E-state index in [-0.39, 0.29) is 0 Å². The Kier molecular flexibility index (Phi) is 12.6. The smallest absolute Gasteiger partial charge is 0.118 e. The Bertz CT molecular complexity index is 397. The van der Waals surface area contributed by atoms with Gasteiger partial charge in [0.05, 0.1) is 0 Å². The number of benzene rings is 1. The molecule has 0 unspecified atom stereocenters. The van der Waals surface area contributed by atoms with E-state index < -0.39 is 0 Å². The van der Waals surface area contributed by atoms with Gasteiger partial charge >= 0.3 is 0 Å². The maximum absolute atomic E-state index is 9.73. The Morgan fingerprint density at radius 3 is 1.62 bits per heavy atom. The van der Waals surface area contributed by atoms with Crippen LogP contribution in [-0.4, -0.2) is 5.11 Å². The number of aromatic hydroxyl groups is 1. The van der Waals surface area contributed by atoms with Gasteiger partial charge in [0.15, 0.2) is 0 Å². The van der Waals surface area contributed by atoms with Crippen LogP contribution in [0.25, 0.3) is 0 Å². The number of rotatable bonds is 15. The third-order valence-electron chi connectivity index (χ3n) is 4.97. The van der Waals surface area contributed by atoms with Crippen LogP contribution < -0.4 is 0 Å². The molecule has 0 saturated carbocycles. The van der Waals surface area contributed by atoms with Crippen LogP contribution in [0.4, 0.5) is 0 Å². The molecular formula is C23H40O. The number of hydrogen-bond donors (Lipinski definition) is 1.